The van der Waals surface area contributed by atoms with Crippen LogP contribution in [0.3, 0.4) is 0 Å². The molecule has 0 fully saturated rings. The van der Waals surface area contributed by atoms with Gasteiger partial charge in [-0.25, -0.2) is 0 Å². The number of aromatic nitrogens is 1. The molecule has 0 aliphatic carbocycles. The predicted octanol–water partition coefficient (Wildman–Crippen LogP) is 2.67. The fourth-order valence-electron chi connectivity index (χ4n) is 2.06. The van der Waals surface area contributed by atoms with Crippen LogP contribution in [0.1, 0.15) is 12.0 Å². The van der Waals surface area contributed by atoms with Crippen LogP contribution in [0.25, 0.3) is 10.9 Å². The summed E-state index contributed by atoms with van der Waals surface area (Å²) in [7, 11) is 6.35. The summed E-state index contributed by atoms with van der Waals surface area (Å²) in [6.45, 7) is 1.16. The van der Waals surface area contributed by atoms with Gasteiger partial charge in [-0.2, -0.15) is 0 Å². The molecule has 2 heteroatoms. The lowest BCUT2D eigenvalue weighted by molar-refractivity contribution is 0.400. The first-order chi connectivity index (χ1) is 7.66. The van der Waals surface area contributed by atoms with Gasteiger partial charge < -0.3 is 9.47 Å². The van der Waals surface area contributed by atoms with E-state index >= 15 is 0 Å². The van der Waals surface area contributed by atoms with Gasteiger partial charge >= 0.3 is 0 Å². The van der Waals surface area contributed by atoms with E-state index < -0.39 is 0 Å². The summed E-state index contributed by atoms with van der Waals surface area (Å²) in [5.41, 5.74) is 2.78. The van der Waals surface area contributed by atoms with Crippen molar-refractivity contribution >= 4 is 10.9 Å². The SMILES string of the molecule is CN(C)CCCc1ccc2ccn(C)c2c1. The summed E-state index contributed by atoms with van der Waals surface area (Å²) < 4.78 is 2.19. The maximum atomic E-state index is 2.31. The number of nitrogens with zero attached hydrogens (tertiary/aromatic N) is 2. The smallest absolute Gasteiger partial charge is 0.0480 e. The van der Waals surface area contributed by atoms with Gasteiger partial charge in [-0.3, -0.25) is 0 Å². The van der Waals surface area contributed by atoms with Crippen molar-refractivity contribution in [3.63, 3.8) is 0 Å². The summed E-state index contributed by atoms with van der Waals surface area (Å²) in [6.07, 6.45) is 4.51. The van der Waals surface area contributed by atoms with Crippen LogP contribution in [0.4, 0.5) is 0 Å². The Morgan fingerprint density at radius 1 is 1.19 bits per heavy atom. The summed E-state index contributed by atoms with van der Waals surface area (Å²) in [4.78, 5) is 2.24. The number of hydrogen-bond acceptors (Lipinski definition) is 1. The Balaban J connectivity index is 2.10. The molecule has 0 aliphatic heterocycles. The van der Waals surface area contributed by atoms with Gasteiger partial charge in [0.25, 0.3) is 0 Å². The van der Waals surface area contributed by atoms with Crippen molar-refractivity contribution in [3.05, 3.63) is 36.0 Å². The van der Waals surface area contributed by atoms with Gasteiger partial charge in [-0.15, -0.1) is 0 Å². The normalized spacial score (nSPS) is 11.5. The molecule has 0 radical (unpaired) electrons. The number of rotatable bonds is 4. The van der Waals surface area contributed by atoms with Gasteiger partial charge in [0.15, 0.2) is 0 Å². The van der Waals surface area contributed by atoms with Crippen LogP contribution < -0.4 is 0 Å². The standard InChI is InChI=1S/C14H20N2/c1-15(2)9-4-5-12-6-7-13-8-10-16(3)14(13)11-12/h6-8,10-11H,4-5,9H2,1-3H3. The number of benzene rings is 1. The summed E-state index contributed by atoms with van der Waals surface area (Å²) in [5.74, 6) is 0. The molecule has 0 amide bonds. The zero-order valence-electron chi connectivity index (χ0n) is 10.4. The van der Waals surface area contributed by atoms with Crippen molar-refractivity contribution in [2.75, 3.05) is 20.6 Å². The van der Waals surface area contributed by atoms with Gasteiger partial charge in [0.2, 0.25) is 0 Å². The number of hydrogen-bond donors (Lipinski definition) is 0. The third-order valence-electron chi connectivity index (χ3n) is 3.02. The lowest BCUT2D eigenvalue weighted by Crippen LogP contribution is -2.13. The van der Waals surface area contributed by atoms with Crippen LogP contribution in [-0.2, 0) is 13.5 Å². The van der Waals surface area contributed by atoms with Crippen LogP contribution in [0, 0.1) is 0 Å². The van der Waals surface area contributed by atoms with Crippen molar-refractivity contribution in [1.82, 2.24) is 9.47 Å². The second-order valence-electron chi connectivity index (χ2n) is 4.73. The Bertz CT molecular complexity index is 469. The minimum Gasteiger partial charge on any atom is -0.351 e. The van der Waals surface area contributed by atoms with Crippen molar-refractivity contribution in [1.29, 1.82) is 0 Å². The van der Waals surface area contributed by atoms with Crippen LogP contribution in [-0.4, -0.2) is 30.1 Å². The van der Waals surface area contributed by atoms with Crippen molar-refractivity contribution < 1.29 is 0 Å². The summed E-state index contributed by atoms with van der Waals surface area (Å²) in [6, 6.07) is 8.95. The Morgan fingerprint density at radius 3 is 2.75 bits per heavy atom. The van der Waals surface area contributed by atoms with Crippen LogP contribution in [0.15, 0.2) is 30.5 Å². The van der Waals surface area contributed by atoms with Crippen LogP contribution in [0.2, 0.25) is 0 Å². The largest absolute Gasteiger partial charge is 0.351 e. The maximum Gasteiger partial charge on any atom is 0.0480 e. The first-order valence-corrected chi connectivity index (χ1v) is 5.85. The molecule has 0 N–H and O–H groups in total. The molecule has 16 heavy (non-hydrogen) atoms. The Labute approximate surface area is 97.5 Å². The molecule has 1 aromatic carbocycles. The van der Waals surface area contributed by atoms with E-state index in [1.165, 1.54) is 29.3 Å². The highest BCUT2D eigenvalue weighted by Gasteiger charge is 2.00. The molecule has 0 saturated heterocycles. The highest BCUT2D eigenvalue weighted by molar-refractivity contribution is 5.80. The van der Waals surface area contributed by atoms with E-state index in [9.17, 15) is 0 Å². The van der Waals surface area contributed by atoms with Crippen LogP contribution in [0.5, 0.6) is 0 Å². The molecule has 0 atom stereocenters. The molecule has 86 valence electrons. The molecule has 2 aromatic rings. The molecule has 0 bridgehead atoms. The van der Waals surface area contributed by atoms with E-state index in [0.29, 0.717) is 0 Å². The van der Waals surface area contributed by atoms with E-state index in [0.717, 1.165) is 6.54 Å². The molecule has 2 nitrogen and oxygen atoms in total. The third kappa shape index (κ3) is 2.45. The van der Waals surface area contributed by atoms with Gasteiger partial charge in [-0.05, 0) is 56.6 Å². The molecule has 1 aromatic heterocycles. The Hall–Kier alpha value is -1.28. The fraction of sp³-hybridized carbons (Fsp3) is 0.429. The molecule has 1 heterocycles. The Kier molecular flexibility index (Phi) is 3.30. The van der Waals surface area contributed by atoms with Gasteiger partial charge in [0, 0.05) is 18.8 Å². The number of fused-ring (bicyclic) bond motifs is 1. The average molecular weight is 216 g/mol. The fourth-order valence-corrected chi connectivity index (χ4v) is 2.06. The summed E-state index contributed by atoms with van der Waals surface area (Å²) >= 11 is 0. The second kappa shape index (κ2) is 4.71. The Morgan fingerprint density at radius 2 is 2.00 bits per heavy atom. The first-order valence-electron chi connectivity index (χ1n) is 5.85. The monoisotopic (exact) mass is 216 g/mol. The minimum absolute atomic E-state index is 1.16. The first kappa shape index (κ1) is 11.2. The predicted molar refractivity (Wildman–Crippen MR) is 69.8 cm³/mol. The molecule has 0 unspecified atom stereocenters. The minimum atomic E-state index is 1.16. The van der Waals surface area contributed by atoms with Gasteiger partial charge in [-0.1, -0.05) is 12.1 Å². The van der Waals surface area contributed by atoms with Crippen molar-refractivity contribution in [3.8, 4) is 0 Å². The van der Waals surface area contributed by atoms with Gasteiger partial charge in [0.1, 0.15) is 0 Å². The topological polar surface area (TPSA) is 8.17 Å². The maximum absolute atomic E-state index is 2.31. The quantitative estimate of drug-likeness (QED) is 0.763. The summed E-state index contributed by atoms with van der Waals surface area (Å²) in [5, 5.41) is 1.33. The van der Waals surface area contributed by atoms with Crippen molar-refractivity contribution in [2.24, 2.45) is 7.05 Å². The molecule has 0 spiro atoms. The van der Waals surface area contributed by atoms with E-state index in [4.69, 9.17) is 0 Å². The van der Waals surface area contributed by atoms with Gasteiger partial charge in [0.05, 0.1) is 0 Å². The zero-order valence-corrected chi connectivity index (χ0v) is 10.4. The molecular weight excluding hydrogens is 196 g/mol. The zero-order chi connectivity index (χ0) is 11.5. The number of aryl methyl sites for hydroxylation is 2. The van der Waals surface area contributed by atoms with Crippen molar-refractivity contribution in [2.45, 2.75) is 12.8 Å². The molecule has 0 aliphatic rings. The third-order valence-corrected chi connectivity index (χ3v) is 3.02. The van der Waals surface area contributed by atoms with E-state index in [-0.39, 0.29) is 0 Å². The second-order valence-corrected chi connectivity index (χ2v) is 4.73. The molecule has 2 rings (SSSR count). The van der Waals surface area contributed by atoms with E-state index in [1.54, 1.807) is 0 Å². The van der Waals surface area contributed by atoms with E-state index in [1.807, 2.05) is 0 Å². The van der Waals surface area contributed by atoms with Crippen LogP contribution >= 0.6 is 0 Å². The molecule has 0 saturated carbocycles. The molecular formula is C14H20N2. The highest BCUT2D eigenvalue weighted by Crippen LogP contribution is 2.17. The lowest BCUT2D eigenvalue weighted by atomic mass is 10.1. The highest BCUT2D eigenvalue weighted by atomic mass is 15.0. The average Bonchev–Trinajstić information content (AvgIpc) is 2.60. The van der Waals surface area contributed by atoms with E-state index in [2.05, 4.69) is 61.1 Å². The lowest BCUT2D eigenvalue weighted by Gasteiger charge is -2.09.